The Balaban J connectivity index is 1.36. The molecule has 0 unspecified atom stereocenters. The summed E-state index contributed by atoms with van der Waals surface area (Å²) in [4.78, 5) is 19.1. The maximum absolute atomic E-state index is 12.5. The Hall–Kier alpha value is -3.95. The van der Waals surface area contributed by atoms with Crippen LogP contribution < -0.4 is 16.4 Å². The number of nitrogens with zero attached hydrogens (tertiary/aromatic N) is 4. The smallest absolute Gasteiger partial charge is 0.323 e. The lowest BCUT2D eigenvalue weighted by Crippen LogP contribution is -2.36. The van der Waals surface area contributed by atoms with Gasteiger partial charge in [-0.15, -0.1) is 0 Å². The molecule has 0 radical (unpaired) electrons. The number of ether oxygens (including phenoxy) is 1. The molecular formula is C26H29N7O2. The molecule has 180 valence electrons. The summed E-state index contributed by atoms with van der Waals surface area (Å²) in [5.74, 6) is 0.430. The Morgan fingerprint density at radius 2 is 1.86 bits per heavy atom. The van der Waals surface area contributed by atoms with Crippen molar-refractivity contribution in [2.24, 2.45) is 0 Å². The maximum atomic E-state index is 12.5. The van der Waals surface area contributed by atoms with Gasteiger partial charge in [0.2, 0.25) is 0 Å². The third-order valence-corrected chi connectivity index (χ3v) is 6.25. The minimum Gasteiger partial charge on any atom is -0.382 e. The maximum Gasteiger partial charge on any atom is 0.323 e. The van der Waals surface area contributed by atoms with Crippen LogP contribution in [0.3, 0.4) is 0 Å². The summed E-state index contributed by atoms with van der Waals surface area (Å²) in [5, 5.41) is 10.3. The highest BCUT2D eigenvalue weighted by atomic mass is 16.5. The quantitative estimate of drug-likeness (QED) is 0.392. The summed E-state index contributed by atoms with van der Waals surface area (Å²) in [6, 6.07) is 17.3. The van der Waals surface area contributed by atoms with Crippen molar-refractivity contribution in [1.29, 1.82) is 0 Å². The highest BCUT2D eigenvalue weighted by molar-refractivity contribution is 6.00. The van der Waals surface area contributed by atoms with E-state index in [0.717, 1.165) is 72.9 Å². The Morgan fingerprint density at radius 1 is 1.09 bits per heavy atom. The molecule has 2 amide bonds. The van der Waals surface area contributed by atoms with Crippen molar-refractivity contribution in [3.05, 3.63) is 72.2 Å². The van der Waals surface area contributed by atoms with Gasteiger partial charge in [-0.2, -0.15) is 5.10 Å². The van der Waals surface area contributed by atoms with E-state index in [1.165, 1.54) is 6.33 Å². The number of carbonyl (C=O) groups excluding carboxylic acids is 1. The first kappa shape index (κ1) is 22.8. The average molecular weight is 472 g/mol. The van der Waals surface area contributed by atoms with Crippen LogP contribution in [-0.4, -0.2) is 51.8 Å². The van der Waals surface area contributed by atoms with Crippen LogP contribution in [-0.2, 0) is 17.7 Å². The van der Waals surface area contributed by atoms with Crippen LogP contribution in [0.5, 0.6) is 0 Å². The SMILES string of the molecule is CCc1ccccc1NC(=O)Nc1ccc(-c2cc(CN3CCOCC3)n3ncnc(N)c23)cc1. The molecule has 4 N–H and O–H groups in total. The molecule has 1 aliphatic rings. The van der Waals surface area contributed by atoms with E-state index in [0.29, 0.717) is 11.5 Å². The Bertz CT molecular complexity index is 1330. The van der Waals surface area contributed by atoms with Crippen molar-refractivity contribution in [2.45, 2.75) is 19.9 Å². The van der Waals surface area contributed by atoms with Gasteiger partial charge in [-0.3, -0.25) is 4.90 Å². The average Bonchev–Trinajstić information content (AvgIpc) is 3.25. The standard InChI is InChI=1S/C26H29N7O2/c1-2-18-5-3-4-6-23(18)31-26(34)30-20-9-7-19(8-10-20)22-15-21(16-32-11-13-35-14-12-32)33-24(22)25(27)28-17-29-33/h3-10,15,17H,2,11-14,16H2,1H3,(H2,27,28,29)(H2,30,31,34). The molecule has 1 fully saturated rings. The number of anilines is 3. The molecule has 4 aromatic rings. The van der Waals surface area contributed by atoms with Gasteiger partial charge in [-0.05, 0) is 41.8 Å². The predicted octanol–water partition coefficient (Wildman–Crippen LogP) is 4.02. The van der Waals surface area contributed by atoms with Crippen LogP contribution in [0.2, 0.25) is 0 Å². The number of nitrogen functional groups attached to an aromatic ring is 1. The number of para-hydroxylation sites is 1. The van der Waals surface area contributed by atoms with Crippen molar-refractivity contribution >= 4 is 28.7 Å². The summed E-state index contributed by atoms with van der Waals surface area (Å²) in [5.41, 5.74) is 12.6. The van der Waals surface area contributed by atoms with Gasteiger partial charge in [0.1, 0.15) is 11.8 Å². The monoisotopic (exact) mass is 471 g/mol. The highest BCUT2D eigenvalue weighted by Crippen LogP contribution is 2.31. The summed E-state index contributed by atoms with van der Waals surface area (Å²) in [6.07, 6.45) is 2.33. The number of urea groups is 1. The van der Waals surface area contributed by atoms with Gasteiger partial charge in [0, 0.05) is 36.6 Å². The summed E-state index contributed by atoms with van der Waals surface area (Å²) >= 11 is 0. The fourth-order valence-corrected chi connectivity index (χ4v) is 4.42. The molecule has 0 saturated carbocycles. The van der Waals surface area contributed by atoms with E-state index in [-0.39, 0.29) is 6.03 Å². The third-order valence-electron chi connectivity index (χ3n) is 6.25. The molecule has 2 aromatic heterocycles. The lowest BCUT2D eigenvalue weighted by atomic mass is 10.1. The first-order chi connectivity index (χ1) is 17.1. The van der Waals surface area contributed by atoms with Crippen molar-refractivity contribution in [3.8, 4) is 11.1 Å². The zero-order valence-electron chi connectivity index (χ0n) is 19.7. The second-order valence-electron chi connectivity index (χ2n) is 8.51. The predicted molar refractivity (Wildman–Crippen MR) is 137 cm³/mol. The molecule has 35 heavy (non-hydrogen) atoms. The first-order valence-corrected chi connectivity index (χ1v) is 11.8. The number of nitrogens with one attached hydrogen (secondary N) is 2. The molecule has 5 rings (SSSR count). The van der Waals surface area contributed by atoms with Gasteiger partial charge in [-0.25, -0.2) is 14.3 Å². The number of aromatic nitrogens is 3. The minimum absolute atomic E-state index is 0.279. The minimum atomic E-state index is -0.279. The first-order valence-electron chi connectivity index (χ1n) is 11.8. The summed E-state index contributed by atoms with van der Waals surface area (Å²) < 4.78 is 7.35. The molecule has 2 aromatic carbocycles. The molecule has 0 aliphatic carbocycles. The number of hydrogen-bond donors (Lipinski definition) is 3. The molecule has 9 heteroatoms. The Kier molecular flexibility index (Phi) is 6.60. The second-order valence-corrected chi connectivity index (χ2v) is 8.51. The molecule has 3 heterocycles. The van der Waals surface area contributed by atoms with Gasteiger partial charge in [0.05, 0.1) is 18.9 Å². The number of amides is 2. The molecule has 0 spiro atoms. The van der Waals surface area contributed by atoms with Crippen molar-refractivity contribution in [3.63, 3.8) is 0 Å². The van der Waals surface area contributed by atoms with Crippen LogP contribution in [0.15, 0.2) is 60.9 Å². The van der Waals surface area contributed by atoms with Gasteiger partial charge in [0.15, 0.2) is 5.82 Å². The largest absolute Gasteiger partial charge is 0.382 e. The number of benzene rings is 2. The number of rotatable bonds is 6. The summed E-state index contributed by atoms with van der Waals surface area (Å²) in [6.45, 7) is 6.05. The van der Waals surface area contributed by atoms with Crippen LogP contribution in [0.25, 0.3) is 16.6 Å². The number of morpholine rings is 1. The number of carbonyl (C=O) groups is 1. The fraction of sp³-hybridized carbons (Fsp3) is 0.269. The topological polar surface area (TPSA) is 110 Å². The lowest BCUT2D eigenvalue weighted by molar-refractivity contribution is 0.0334. The normalized spacial score (nSPS) is 14.2. The molecular weight excluding hydrogens is 442 g/mol. The zero-order chi connectivity index (χ0) is 24.2. The van der Waals surface area contributed by atoms with E-state index >= 15 is 0 Å². The lowest BCUT2D eigenvalue weighted by Gasteiger charge is -2.26. The Labute approximate surface area is 203 Å². The van der Waals surface area contributed by atoms with Crippen molar-refractivity contribution < 1.29 is 9.53 Å². The molecule has 0 atom stereocenters. The van der Waals surface area contributed by atoms with E-state index in [9.17, 15) is 4.79 Å². The number of hydrogen-bond acceptors (Lipinski definition) is 6. The van der Waals surface area contributed by atoms with E-state index in [2.05, 4.69) is 38.6 Å². The summed E-state index contributed by atoms with van der Waals surface area (Å²) in [7, 11) is 0. The van der Waals surface area contributed by atoms with E-state index in [4.69, 9.17) is 10.5 Å². The van der Waals surface area contributed by atoms with Gasteiger partial charge >= 0.3 is 6.03 Å². The van der Waals surface area contributed by atoms with Gasteiger partial charge in [-0.1, -0.05) is 37.3 Å². The van der Waals surface area contributed by atoms with E-state index in [1.54, 1.807) is 0 Å². The van der Waals surface area contributed by atoms with Gasteiger partial charge in [0.25, 0.3) is 0 Å². The van der Waals surface area contributed by atoms with Crippen LogP contribution in [0, 0.1) is 0 Å². The molecule has 0 bridgehead atoms. The number of nitrogens with two attached hydrogens (primary N) is 1. The van der Waals surface area contributed by atoms with Gasteiger partial charge < -0.3 is 21.1 Å². The molecule has 1 saturated heterocycles. The number of fused-ring (bicyclic) bond motifs is 1. The fourth-order valence-electron chi connectivity index (χ4n) is 4.42. The number of aryl methyl sites for hydroxylation is 1. The van der Waals surface area contributed by atoms with E-state index in [1.807, 2.05) is 53.0 Å². The van der Waals surface area contributed by atoms with Crippen LogP contribution in [0.1, 0.15) is 18.2 Å². The van der Waals surface area contributed by atoms with E-state index < -0.39 is 0 Å². The van der Waals surface area contributed by atoms with Crippen molar-refractivity contribution in [2.75, 3.05) is 42.7 Å². The molecule has 9 nitrogen and oxygen atoms in total. The second kappa shape index (κ2) is 10.1. The van der Waals surface area contributed by atoms with Crippen LogP contribution in [0.4, 0.5) is 22.0 Å². The highest BCUT2D eigenvalue weighted by Gasteiger charge is 2.18. The zero-order valence-corrected chi connectivity index (χ0v) is 19.7. The molecule has 1 aliphatic heterocycles. The Morgan fingerprint density at radius 3 is 2.63 bits per heavy atom. The third kappa shape index (κ3) is 4.96. The van der Waals surface area contributed by atoms with Crippen molar-refractivity contribution in [1.82, 2.24) is 19.5 Å². The van der Waals surface area contributed by atoms with Crippen LogP contribution >= 0.6 is 0 Å².